The summed E-state index contributed by atoms with van der Waals surface area (Å²) in [6.07, 6.45) is 5.43. The molecule has 0 radical (unpaired) electrons. The van der Waals surface area contributed by atoms with E-state index >= 15 is 0 Å². The van der Waals surface area contributed by atoms with Crippen LogP contribution in [-0.4, -0.2) is 63.4 Å². The fourth-order valence-corrected chi connectivity index (χ4v) is 3.89. The molecule has 0 aromatic carbocycles. The molecule has 2 saturated heterocycles. The molecule has 2 aliphatic heterocycles. The normalized spacial score (nSPS) is 22.9. The number of hydrogen-bond acceptors (Lipinski definition) is 5. The van der Waals surface area contributed by atoms with Crippen molar-refractivity contribution >= 4 is 28.7 Å². The van der Waals surface area contributed by atoms with Crippen LogP contribution in [0.25, 0.3) is 11.0 Å². The number of anilines is 1. The van der Waals surface area contributed by atoms with Gasteiger partial charge in [0.15, 0.2) is 0 Å². The molecule has 2 fully saturated rings. The lowest BCUT2D eigenvalue weighted by Crippen LogP contribution is -2.57. The highest BCUT2D eigenvalue weighted by Gasteiger charge is 2.42. The van der Waals surface area contributed by atoms with Gasteiger partial charge in [-0.3, -0.25) is 9.59 Å². The number of H-pyrrole nitrogens is 1. The van der Waals surface area contributed by atoms with Crippen LogP contribution >= 0.6 is 0 Å². The van der Waals surface area contributed by atoms with Crippen LogP contribution in [-0.2, 0) is 9.59 Å². The smallest absolute Gasteiger partial charge is 0.242 e. The van der Waals surface area contributed by atoms with E-state index in [0.29, 0.717) is 0 Å². The quantitative estimate of drug-likeness (QED) is 0.844. The molecule has 126 valence electrons. The highest BCUT2D eigenvalue weighted by Crippen LogP contribution is 2.33. The highest BCUT2D eigenvalue weighted by molar-refractivity contribution is 5.88. The van der Waals surface area contributed by atoms with Gasteiger partial charge in [-0.1, -0.05) is 0 Å². The molecular weight excluding hydrogens is 308 g/mol. The van der Waals surface area contributed by atoms with E-state index in [2.05, 4.69) is 25.2 Å². The first-order valence-corrected chi connectivity index (χ1v) is 8.22. The lowest BCUT2D eigenvalue weighted by Gasteiger charge is -2.41. The average Bonchev–Trinajstić information content (AvgIpc) is 3.14. The van der Waals surface area contributed by atoms with Crippen LogP contribution in [0.15, 0.2) is 18.6 Å². The molecule has 4 rings (SSSR count). The summed E-state index contributed by atoms with van der Waals surface area (Å²) >= 11 is 0. The summed E-state index contributed by atoms with van der Waals surface area (Å²) in [6, 6.07) is 2.34. The SMILES string of the molecule is CC(=O)NCC(=O)N1C2CCC1CN(c1ncnc3[nH]ccc13)C2. The summed E-state index contributed by atoms with van der Waals surface area (Å²) < 4.78 is 0. The van der Waals surface area contributed by atoms with E-state index in [1.807, 2.05) is 17.2 Å². The minimum absolute atomic E-state index is 0.00632. The summed E-state index contributed by atoms with van der Waals surface area (Å²) in [5.41, 5.74) is 0.830. The first-order valence-electron chi connectivity index (χ1n) is 8.22. The molecule has 2 unspecified atom stereocenters. The van der Waals surface area contributed by atoms with Gasteiger partial charge in [-0.25, -0.2) is 9.97 Å². The monoisotopic (exact) mass is 328 g/mol. The van der Waals surface area contributed by atoms with Gasteiger partial charge in [0.05, 0.1) is 11.9 Å². The minimum atomic E-state index is -0.176. The van der Waals surface area contributed by atoms with Gasteiger partial charge in [-0.2, -0.15) is 0 Å². The number of aromatic nitrogens is 3. The van der Waals surface area contributed by atoms with Crippen LogP contribution in [0.4, 0.5) is 5.82 Å². The maximum absolute atomic E-state index is 12.4. The van der Waals surface area contributed by atoms with Crippen LogP contribution in [0.2, 0.25) is 0 Å². The van der Waals surface area contributed by atoms with E-state index in [-0.39, 0.29) is 30.4 Å². The molecule has 2 atom stereocenters. The van der Waals surface area contributed by atoms with Gasteiger partial charge < -0.3 is 20.1 Å². The first kappa shape index (κ1) is 14.9. The molecule has 8 nitrogen and oxygen atoms in total. The van der Waals surface area contributed by atoms with Gasteiger partial charge in [-0.15, -0.1) is 0 Å². The summed E-state index contributed by atoms with van der Waals surface area (Å²) in [5, 5.41) is 3.62. The Morgan fingerprint density at radius 1 is 1.29 bits per heavy atom. The average molecular weight is 328 g/mol. The molecule has 8 heteroatoms. The number of rotatable bonds is 3. The van der Waals surface area contributed by atoms with Crippen LogP contribution in [0, 0.1) is 0 Å². The van der Waals surface area contributed by atoms with Crippen molar-refractivity contribution in [3.63, 3.8) is 0 Å². The number of carbonyl (C=O) groups excluding carboxylic acids is 2. The molecule has 4 heterocycles. The second kappa shape index (κ2) is 5.77. The number of aromatic amines is 1. The van der Waals surface area contributed by atoms with Crippen molar-refractivity contribution in [3.8, 4) is 0 Å². The Balaban J connectivity index is 1.53. The van der Waals surface area contributed by atoms with E-state index in [1.165, 1.54) is 6.92 Å². The van der Waals surface area contributed by atoms with Gasteiger partial charge in [-0.05, 0) is 18.9 Å². The van der Waals surface area contributed by atoms with Crippen LogP contribution < -0.4 is 10.2 Å². The third-order valence-electron chi connectivity index (χ3n) is 4.89. The topological polar surface area (TPSA) is 94.2 Å². The molecule has 2 aromatic rings. The van der Waals surface area contributed by atoms with Crippen LogP contribution in [0.1, 0.15) is 19.8 Å². The number of nitrogens with one attached hydrogen (secondary N) is 2. The summed E-state index contributed by atoms with van der Waals surface area (Å²) in [6.45, 7) is 3.04. The van der Waals surface area contributed by atoms with E-state index in [9.17, 15) is 9.59 Å². The Morgan fingerprint density at radius 2 is 2.04 bits per heavy atom. The molecule has 0 spiro atoms. The molecule has 2 bridgehead atoms. The van der Waals surface area contributed by atoms with Gasteiger partial charge >= 0.3 is 0 Å². The Morgan fingerprint density at radius 3 is 2.75 bits per heavy atom. The fraction of sp³-hybridized carbons (Fsp3) is 0.500. The van der Waals surface area contributed by atoms with Gasteiger partial charge in [0.1, 0.15) is 17.8 Å². The van der Waals surface area contributed by atoms with Gasteiger partial charge in [0.2, 0.25) is 11.8 Å². The maximum Gasteiger partial charge on any atom is 0.242 e. The lowest BCUT2D eigenvalue weighted by atomic mass is 10.1. The number of piperazine rings is 1. The van der Waals surface area contributed by atoms with E-state index in [4.69, 9.17) is 0 Å². The van der Waals surface area contributed by atoms with Crippen molar-refractivity contribution in [2.75, 3.05) is 24.5 Å². The zero-order valence-electron chi connectivity index (χ0n) is 13.5. The number of amides is 2. The highest BCUT2D eigenvalue weighted by atomic mass is 16.2. The molecule has 2 aromatic heterocycles. The Bertz CT molecular complexity index is 774. The molecule has 2 N–H and O–H groups in total. The predicted octanol–water partition coefficient (Wildman–Crippen LogP) is 0.274. The zero-order valence-corrected chi connectivity index (χ0v) is 13.5. The van der Waals surface area contributed by atoms with E-state index in [0.717, 1.165) is 42.8 Å². The van der Waals surface area contributed by atoms with Crippen LogP contribution in [0.5, 0.6) is 0 Å². The third-order valence-corrected chi connectivity index (χ3v) is 4.89. The Kier molecular flexibility index (Phi) is 3.59. The Hall–Kier alpha value is -2.64. The molecule has 2 aliphatic rings. The third kappa shape index (κ3) is 2.47. The number of carbonyl (C=O) groups is 2. The Labute approximate surface area is 139 Å². The zero-order chi connectivity index (χ0) is 16.7. The molecular formula is C16H20N6O2. The van der Waals surface area contributed by atoms with Gasteiger partial charge in [0, 0.05) is 38.3 Å². The lowest BCUT2D eigenvalue weighted by molar-refractivity contribution is -0.135. The summed E-state index contributed by atoms with van der Waals surface area (Å²) in [5.74, 6) is 0.754. The van der Waals surface area contributed by atoms with Crippen molar-refractivity contribution in [3.05, 3.63) is 18.6 Å². The standard InChI is InChI=1S/C16H20N6O2/c1-10(23)18-6-14(24)22-11-2-3-12(22)8-21(7-11)16-13-4-5-17-15(13)19-9-20-16/h4-5,9,11-12H,2-3,6-8H2,1H3,(H,18,23)(H,17,19,20). The molecule has 2 amide bonds. The summed E-state index contributed by atoms with van der Waals surface area (Å²) in [7, 11) is 0. The van der Waals surface area contributed by atoms with Crippen molar-refractivity contribution in [2.45, 2.75) is 31.8 Å². The minimum Gasteiger partial charge on any atom is -0.352 e. The maximum atomic E-state index is 12.4. The van der Waals surface area contributed by atoms with Crippen LogP contribution in [0.3, 0.4) is 0 Å². The largest absolute Gasteiger partial charge is 0.352 e. The second-order valence-corrected chi connectivity index (χ2v) is 6.44. The van der Waals surface area contributed by atoms with E-state index in [1.54, 1.807) is 6.33 Å². The number of hydrogen-bond donors (Lipinski definition) is 2. The van der Waals surface area contributed by atoms with Gasteiger partial charge in [0.25, 0.3) is 0 Å². The fourth-order valence-electron chi connectivity index (χ4n) is 3.89. The number of fused-ring (bicyclic) bond motifs is 3. The number of nitrogens with zero attached hydrogens (tertiary/aromatic N) is 4. The van der Waals surface area contributed by atoms with Crippen molar-refractivity contribution in [1.82, 2.24) is 25.2 Å². The summed E-state index contributed by atoms with van der Waals surface area (Å²) in [4.78, 5) is 39.5. The second-order valence-electron chi connectivity index (χ2n) is 6.44. The van der Waals surface area contributed by atoms with E-state index < -0.39 is 0 Å². The van der Waals surface area contributed by atoms with Crippen molar-refractivity contribution < 1.29 is 9.59 Å². The first-order chi connectivity index (χ1) is 11.6. The van der Waals surface area contributed by atoms with Crippen molar-refractivity contribution in [1.29, 1.82) is 0 Å². The molecule has 0 aliphatic carbocycles. The predicted molar refractivity (Wildman–Crippen MR) is 88.4 cm³/mol. The molecule has 24 heavy (non-hydrogen) atoms. The molecule has 0 saturated carbocycles. The van der Waals surface area contributed by atoms with Crippen molar-refractivity contribution in [2.24, 2.45) is 0 Å².